The van der Waals surface area contributed by atoms with Gasteiger partial charge < -0.3 is 9.32 Å². The number of imide groups is 1. The summed E-state index contributed by atoms with van der Waals surface area (Å²) in [4.78, 5) is 29.8. The summed E-state index contributed by atoms with van der Waals surface area (Å²) < 4.78 is 5.94. The number of thioether (sulfide) groups is 1. The summed E-state index contributed by atoms with van der Waals surface area (Å²) in [5, 5.41) is 2.78. The molecule has 2 aromatic rings. The van der Waals surface area contributed by atoms with Crippen molar-refractivity contribution in [3.8, 4) is 0 Å². The van der Waals surface area contributed by atoms with Gasteiger partial charge in [-0.15, -0.1) is 0 Å². The van der Waals surface area contributed by atoms with E-state index in [1.807, 2.05) is 12.3 Å². The van der Waals surface area contributed by atoms with Gasteiger partial charge in [0.05, 0.1) is 16.8 Å². The van der Waals surface area contributed by atoms with Gasteiger partial charge >= 0.3 is 0 Å². The van der Waals surface area contributed by atoms with Crippen LogP contribution in [0.15, 0.2) is 27.8 Å². The number of furan rings is 1. The average Bonchev–Trinajstić information content (AvgIpc) is 3.10. The van der Waals surface area contributed by atoms with Crippen molar-refractivity contribution in [2.75, 3.05) is 18.0 Å². The number of carbonyl (C=O) groups is 2. The normalized spacial score (nSPS) is 20.5. The van der Waals surface area contributed by atoms with Crippen LogP contribution in [0.25, 0.3) is 17.0 Å². The lowest BCUT2D eigenvalue weighted by Gasteiger charge is -2.28. The van der Waals surface area contributed by atoms with E-state index < -0.39 is 0 Å². The molecule has 118 valence electrons. The zero-order chi connectivity index (χ0) is 15.8. The van der Waals surface area contributed by atoms with Crippen molar-refractivity contribution in [1.29, 1.82) is 0 Å². The highest BCUT2D eigenvalue weighted by Crippen LogP contribution is 2.33. The molecule has 2 saturated heterocycles. The number of hydrogen-bond acceptors (Lipinski definition) is 6. The minimum Gasteiger partial charge on any atom is -0.454 e. The fraction of sp³-hybridized carbons (Fsp3) is 0.312. The molecule has 23 heavy (non-hydrogen) atoms. The number of carbonyl (C=O) groups excluding carboxylic acids is 2. The molecule has 0 aromatic carbocycles. The largest absolute Gasteiger partial charge is 0.454 e. The molecule has 4 heterocycles. The number of nitrogens with zero attached hydrogens (tertiary/aromatic N) is 2. The number of anilines is 1. The Morgan fingerprint density at radius 2 is 2.04 bits per heavy atom. The number of fused-ring (bicyclic) bond motifs is 1. The maximum absolute atomic E-state index is 11.6. The van der Waals surface area contributed by atoms with Gasteiger partial charge in [0.2, 0.25) is 0 Å². The van der Waals surface area contributed by atoms with Crippen LogP contribution in [-0.2, 0) is 4.79 Å². The molecule has 2 aliphatic rings. The van der Waals surface area contributed by atoms with Gasteiger partial charge in [0.15, 0.2) is 5.58 Å². The molecule has 2 aliphatic heterocycles. The number of pyridine rings is 1. The molecule has 6 nitrogen and oxygen atoms in total. The molecule has 0 saturated carbocycles. The molecule has 0 bridgehead atoms. The van der Waals surface area contributed by atoms with E-state index in [9.17, 15) is 9.59 Å². The first-order valence-corrected chi connectivity index (χ1v) is 8.40. The maximum atomic E-state index is 11.6. The number of rotatable bonds is 2. The lowest BCUT2D eigenvalue weighted by atomic mass is 10.1. The molecule has 0 atom stereocenters. The number of aromatic nitrogens is 1. The summed E-state index contributed by atoms with van der Waals surface area (Å²) in [5.74, 6) is 0.174. The number of piperidine rings is 1. The van der Waals surface area contributed by atoms with Crippen LogP contribution in [0.5, 0.6) is 0 Å². The van der Waals surface area contributed by atoms with Gasteiger partial charge in [0.1, 0.15) is 5.76 Å². The Hall–Kier alpha value is -2.28. The second-order valence-corrected chi connectivity index (χ2v) is 6.64. The first-order valence-electron chi connectivity index (χ1n) is 7.58. The third-order valence-corrected chi connectivity index (χ3v) is 4.85. The van der Waals surface area contributed by atoms with E-state index in [-0.39, 0.29) is 11.1 Å². The Kier molecular flexibility index (Phi) is 3.57. The van der Waals surface area contributed by atoms with Gasteiger partial charge in [0.25, 0.3) is 11.1 Å². The van der Waals surface area contributed by atoms with Crippen molar-refractivity contribution >= 4 is 45.6 Å². The van der Waals surface area contributed by atoms with Crippen LogP contribution in [0.4, 0.5) is 10.5 Å². The van der Waals surface area contributed by atoms with Gasteiger partial charge in [-0.3, -0.25) is 19.9 Å². The Bertz CT molecular complexity index is 821. The van der Waals surface area contributed by atoms with Crippen molar-refractivity contribution in [3.63, 3.8) is 0 Å². The summed E-state index contributed by atoms with van der Waals surface area (Å²) in [5.41, 5.74) is 1.77. The number of amides is 2. The first kappa shape index (κ1) is 14.3. The Morgan fingerprint density at radius 3 is 2.78 bits per heavy atom. The fourth-order valence-electron chi connectivity index (χ4n) is 2.95. The standard InChI is InChI=1S/C16H15N3O3S/c20-15-13(23-16(21)18-15)7-11-6-10-8-17-9-12(14(10)22-11)19-4-2-1-3-5-19/h6-9H,1-5H2,(H,18,20,21). The highest BCUT2D eigenvalue weighted by molar-refractivity contribution is 8.18. The van der Waals surface area contributed by atoms with E-state index in [0.29, 0.717) is 10.7 Å². The Morgan fingerprint density at radius 1 is 1.22 bits per heavy atom. The SMILES string of the molecule is O=C1NC(=O)C(=Cc2cc3cncc(N4CCCCC4)c3o2)S1. The third kappa shape index (κ3) is 2.72. The van der Waals surface area contributed by atoms with E-state index in [1.165, 1.54) is 19.3 Å². The molecular formula is C16H15N3O3S. The molecule has 0 aliphatic carbocycles. The molecule has 1 N–H and O–H groups in total. The van der Waals surface area contributed by atoms with E-state index >= 15 is 0 Å². The van der Waals surface area contributed by atoms with Gasteiger partial charge in [-0.1, -0.05) is 0 Å². The quantitative estimate of drug-likeness (QED) is 0.853. The molecule has 0 radical (unpaired) electrons. The van der Waals surface area contributed by atoms with Crippen LogP contribution in [-0.4, -0.2) is 29.2 Å². The third-order valence-electron chi connectivity index (χ3n) is 4.04. The molecule has 2 aromatic heterocycles. The van der Waals surface area contributed by atoms with E-state index in [1.54, 1.807) is 12.3 Å². The number of nitrogens with one attached hydrogen (secondary N) is 1. The highest BCUT2D eigenvalue weighted by atomic mass is 32.2. The molecule has 4 rings (SSSR count). The van der Waals surface area contributed by atoms with E-state index in [0.717, 1.165) is 41.5 Å². The highest BCUT2D eigenvalue weighted by Gasteiger charge is 2.25. The van der Waals surface area contributed by atoms with Crippen molar-refractivity contribution < 1.29 is 14.0 Å². The van der Waals surface area contributed by atoms with E-state index in [4.69, 9.17) is 4.42 Å². The Balaban J connectivity index is 1.72. The van der Waals surface area contributed by atoms with Crippen LogP contribution >= 0.6 is 11.8 Å². The summed E-state index contributed by atoms with van der Waals surface area (Å²) >= 11 is 0.886. The predicted octanol–water partition coefficient (Wildman–Crippen LogP) is 3.14. The van der Waals surface area contributed by atoms with Crippen LogP contribution < -0.4 is 10.2 Å². The summed E-state index contributed by atoms with van der Waals surface area (Å²) in [6.07, 6.45) is 8.79. The van der Waals surface area contributed by atoms with Crippen LogP contribution in [0.1, 0.15) is 25.0 Å². The monoisotopic (exact) mass is 329 g/mol. The van der Waals surface area contributed by atoms with Crippen molar-refractivity contribution in [1.82, 2.24) is 10.3 Å². The second-order valence-electron chi connectivity index (χ2n) is 5.63. The van der Waals surface area contributed by atoms with Crippen molar-refractivity contribution in [2.45, 2.75) is 19.3 Å². The molecule has 0 spiro atoms. The summed E-state index contributed by atoms with van der Waals surface area (Å²) in [7, 11) is 0. The zero-order valence-corrected chi connectivity index (χ0v) is 13.2. The summed E-state index contributed by atoms with van der Waals surface area (Å²) in [6.45, 7) is 2.01. The lowest BCUT2D eigenvalue weighted by molar-refractivity contribution is -0.115. The lowest BCUT2D eigenvalue weighted by Crippen LogP contribution is -2.29. The first-order chi connectivity index (χ1) is 11.2. The molecule has 0 unspecified atom stereocenters. The van der Waals surface area contributed by atoms with Crippen molar-refractivity contribution in [3.05, 3.63) is 29.1 Å². The van der Waals surface area contributed by atoms with Crippen LogP contribution in [0, 0.1) is 0 Å². The minimum atomic E-state index is -0.380. The zero-order valence-electron chi connectivity index (χ0n) is 12.4. The van der Waals surface area contributed by atoms with Gasteiger partial charge in [-0.25, -0.2) is 0 Å². The minimum absolute atomic E-state index is 0.349. The predicted molar refractivity (Wildman–Crippen MR) is 89.2 cm³/mol. The maximum Gasteiger partial charge on any atom is 0.290 e. The van der Waals surface area contributed by atoms with Crippen molar-refractivity contribution in [2.24, 2.45) is 0 Å². The fourth-order valence-corrected chi connectivity index (χ4v) is 3.61. The summed E-state index contributed by atoms with van der Waals surface area (Å²) in [6, 6.07) is 1.85. The molecule has 7 heteroatoms. The van der Waals surface area contributed by atoms with Gasteiger partial charge in [-0.05, 0) is 37.1 Å². The van der Waals surface area contributed by atoms with Crippen LogP contribution in [0.2, 0.25) is 0 Å². The second kappa shape index (κ2) is 5.73. The van der Waals surface area contributed by atoms with Gasteiger partial charge in [-0.2, -0.15) is 0 Å². The van der Waals surface area contributed by atoms with Gasteiger partial charge in [0, 0.05) is 30.7 Å². The van der Waals surface area contributed by atoms with E-state index in [2.05, 4.69) is 15.2 Å². The molecule has 2 amide bonds. The number of hydrogen-bond donors (Lipinski definition) is 1. The topological polar surface area (TPSA) is 75.4 Å². The Labute approximate surface area is 136 Å². The smallest absolute Gasteiger partial charge is 0.290 e. The average molecular weight is 329 g/mol. The molecule has 2 fully saturated rings. The molecular weight excluding hydrogens is 314 g/mol. The van der Waals surface area contributed by atoms with Crippen LogP contribution in [0.3, 0.4) is 0 Å².